The van der Waals surface area contributed by atoms with E-state index in [0.717, 1.165) is 41.9 Å². The molecule has 0 radical (unpaired) electrons. The zero-order valence-corrected chi connectivity index (χ0v) is 13.0. The number of esters is 1. The minimum atomic E-state index is -0.284. The van der Waals surface area contributed by atoms with Crippen LogP contribution in [0.2, 0.25) is 0 Å². The van der Waals surface area contributed by atoms with Crippen molar-refractivity contribution in [3.63, 3.8) is 0 Å². The van der Waals surface area contributed by atoms with Gasteiger partial charge in [0.2, 0.25) is 0 Å². The van der Waals surface area contributed by atoms with E-state index in [2.05, 4.69) is 18.2 Å². The highest BCUT2D eigenvalue weighted by Crippen LogP contribution is 2.34. The minimum absolute atomic E-state index is 0.214. The first-order valence-electron chi connectivity index (χ1n) is 7.63. The molecule has 1 aliphatic heterocycles. The van der Waals surface area contributed by atoms with E-state index in [1.165, 1.54) is 12.7 Å². The second kappa shape index (κ2) is 6.22. The van der Waals surface area contributed by atoms with Crippen molar-refractivity contribution >= 4 is 5.97 Å². The molecule has 3 rings (SSSR count). The summed E-state index contributed by atoms with van der Waals surface area (Å²) in [6, 6.07) is 14.3. The first kappa shape index (κ1) is 14.6. The lowest BCUT2D eigenvalue weighted by atomic mass is 9.90. The van der Waals surface area contributed by atoms with Gasteiger partial charge >= 0.3 is 5.97 Å². The van der Waals surface area contributed by atoms with Crippen molar-refractivity contribution in [3.8, 4) is 16.9 Å². The number of hydrogen-bond donors (Lipinski definition) is 0. The lowest BCUT2D eigenvalue weighted by molar-refractivity contribution is -0.141. The van der Waals surface area contributed by atoms with Crippen molar-refractivity contribution in [2.45, 2.75) is 25.7 Å². The third-order valence-electron chi connectivity index (χ3n) is 4.20. The van der Waals surface area contributed by atoms with E-state index in [9.17, 15) is 4.79 Å². The Labute approximate surface area is 130 Å². The van der Waals surface area contributed by atoms with Crippen LogP contribution < -0.4 is 4.74 Å². The average molecular weight is 296 g/mol. The van der Waals surface area contributed by atoms with Crippen LogP contribution >= 0.6 is 0 Å². The average Bonchev–Trinajstić information content (AvgIpc) is 2.60. The molecule has 1 aliphatic rings. The molecule has 0 fully saturated rings. The molecule has 22 heavy (non-hydrogen) atoms. The minimum Gasteiger partial charge on any atom is -0.493 e. The molecule has 0 spiro atoms. The molecular weight excluding hydrogens is 276 g/mol. The summed E-state index contributed by atoms with van der Waals surface area (Å²) in [5, 5.41) is 0. The van der Waals surface area contributed by atoms with Crippen molar-refractivity contribution in [1.29, 1.82) is 0 Å². The number of carbonyl (C=O) groups is 1. The summed E-state index contributed by atoms with van der Waals surface area (Å²) in [7, 11) is 1.43. The van der Waals surface area contributed by atoms with Gasteiger partial charge in [0.15, 0.2) is 0 Å². The largest absolute Gasteiger partial charge is 0.493 e. The lowest BCUT2D eigenvalue weighted by Gasteiger charge is -2.19. The predicted molar refractivity (Wildman–Crippen MR) is 86.1 cm³/mol. The summed E-state index contributed by atoms with van der Waals surface area (Å²) in [6.07, 6.45) is 2.09. The van der Waals surface area contributed by atoms with E-state index in [0.29, 0.717) is 0 Å². The number of benzene rings is 2. The lowest BCUT2D eigenvalue weighted by Crippen LogP contribution is -2.12. The van der Waals surface area contributed by atoms with Crippen LogP contribution in [0.1, 0.15) is 30.4 Å². The highest BCUT2D eigenvalue weighted by atomic mass is 16.5. The molecule has 0 aliphatic carbocycles. The van der Waals surface area contributed by atoms with Crippen LogP contribution in [-0.4, -0.2) is 19.7 Å². The molecule has 2 aromatic rings. The number of aryl methyl sites for hydroxylation is 1. The van der Waals surface area contributed by atoms with E-state index in [4.69, 9.17) is 9.47 Å². The summed E-state index contributed by atoms with van der Waals surface area (Å²) in [5.74, 6) is 0.482. The van der Waals surface area contributed by atoms with Crippen LogP contribution in [-0.2, 0) is 16.0 Å². The summed E-state index contributed by atoms with van der Waals surface area (Å²) in [4.78, 5) is 11.9. The van der Waals surface area contributed by atoms with Gasteiger partial charge in [-0.25, -0.2) is 0 Å². The fourth-order valence-corrected chi connectivity index (χ4v) is 2.97. The third-order valence-corrected chi connectivity index (χ3v) is 4.20. The Morgan fingerprint density at radius 1 is 1.23 bits per heavy atom. The Morgan fingerprint density at radius 3 is 2.86 bits per heavy atom. The van der Waals surface area contributed by atoms with Gasteiger partial charge in [0.05, 0.1) is 19.6 Å². The van der Waals surface area contributed by atoms with Crippen molar-refractivity contribution in [2.75, 3.05) is 13.7 Å². The molecular formula is C19H20O3. The predicted octanol–water partition coefficient (Wildman–Crippen LogP) is 3.96. The van der Waals surface area contributed by atoms with Crippen LogP contribution in [0.3, 0.4) is 0 Å². The molecule has 0 bridgehead atoms. The van der Waals surface area contributed by atoms with E-state index in [1.54, 1.807) is 0 Å². The Kier molecular flexibility index (Phi) is 4.14. The van der Waals surface area contributed by atoms with Gasteiger partial charge in [0, 0.05) is 0 Å². The molecule has 2 aromatic carbocycles. The molecule has 1 heterocycles. The maximum Gasteiger partial charge on any atom is 0.312 e. The molecule has 0 aromatic heterocycles. The highest BCUT2D eigenvalue weighted by Gasteiger charge is 2.20. The van der Waals surface area contributed by atoms with Crippen LogP contribution in [0, 0.1) is 0 Å². The van der Waals surface area contributed by atoms with Crippen LogP contribution in [0.25, 0.3) is 11.1 Å². The quantitative estimate of drug-likeness (QED) is 0.804. The molecule has 0 saturated heterocycles. The number of hydrogen-bond acceptors (Lipinski definition) is 3. The maximum absolute atomic E-state index is 11.9. The van der Waals surface area contributed by atoms with E-state index < -0.39 is 0 Å². The van der Waals surface area contributed by atoms with Gasteiger partial charge in [-0.15, -0.1) is 0 Å². The van der Waals surface area contributed by atoms with E-state index in [-0.39, 0.29) is 11.9 Å². The molecule has 114 valence electrons. The first-order valence-corrected chi connectivity index (χ1v) is 7.63. The van der Waals surface area contributed by atoms with Crippen molar-refractivity contribution in [1.82, 2.24) is 0 Å². The van der Waals surface area contributed by atoms with Gasteiger partial charge in [0.25, 0.3) is 0 Å². The van der Waals surface area contributed by atoms with Gasteiger partial charge in [-0.05, 0) is 54.2 Å². The van der Waals surface area contributed by atoms with Gasteiger partial charge < -0.3 is 9.47 Å². The van der Waals surface area contributed by atoms with Gasteiger partial charge in [-0.1, -0.05) is 30.3 Å². The topological polar surface area (TPSA) is 35.5 Å². The number of methoxy groups -OCH3 is 1. The van der Waals surface area contributed by atoms with Crippen molar-refractivity contribution in [2.24, 2.45) is 0 Å². The SMILES string of the molecule is COC(=O)C(C)c1ccccc1-c1ccc2c(c1)CCCO2. The Bertz CT molecular complexity index is 691. The summed E-state index contributed by atoms with van der Waals surface area (Å²) in [5.41, 5.74) is 4.43. The molecule has 1 unspecified atom stereocenters. The number of carbonyl (C=O) groups excluding carboxylic acids is 1. The van der Waals surface area contributed by atoms with E-state index in [1.807, 2.05) is 31.2 Å². The summed E-state index contributed by atoms with van der Waals surface area (Å²) >= 11 is 0. The smallest absolute Gasteiger partial charge is 0.312 e. The molecule has 3 heteroatoms. The first-order chi connectivity index (χ1) is 10.7. The van der Waals surface area contributed by atoms with Crippen molar-refractivity contribution < 1.29 is 14.3 Å². The number of fused-ring (bicyclic) bond motifs is 1. The molecule has 0 amide bonds. The van der Waals surface area contributed by atoms with Gasteiger partial charge in [-0.2, -0.15) is 0 Å². The number of ether oxygens (including phenoxy) is 2. The fraction of sp³-hybridized carbons (Fsp3) is 0.316. The van der Waals surface area contributed by atoms with Crippen LogP contribution in [0.15, 0.2) is 42.5 Å². The molecule has 3 nitrogen and oxygen atoms in total. The zero-order chi connectivity index (χ0) is 15.5. The summed E-state index contributed by atoms with van der Waals surface area (Å²) in [6.45, 7) is 2.68. The third kappa shape index (κ3) is 2.71. The van der Waals surface area contributed by atoms with Crippen LogP contribution in [0.5, 0.6) is 5.75 Å². The fourth-order valence-electron chi connectivity index (χ4n) is 2.97. The second-order valence-electron chi connectivity index (χ2n) is 5.61. The highest BCUT2D eigenvalue weighted by molar-refractivity contribution is 5.82. The standard InChI is InChI=1S/C19H20O3/c1-13(19(20)21-2)16-7-3-4-8-17(16)14-9-10-18-15(12-14)6-5-11-22-18/h3-4,7-10,12-13H,5-6,11H2,1-2H3. The summed E-state index contributed by atoms with van der Waals surface area (Å²) < 4.78 is 10.6. The molecule has 0 saturated carbocycles. The molecule has 0 N–H and O–H groups in total. The second-order valence-corrected chi connectivity index (χ2v) is 5.61. The Balaban J connectivity index is 2.03. The van der Waals surface area contributed by atoms with Crippen molar-refractivity contribution in [3.05, 3.63) is 53.6 Å². The Hall–Kier alpha value is -2.29. The van der Waals surface area contributed by atoms with E-state index >= 15 is 0 Å². The maximum atomic E-state index is 11.9. The molecule has 1 atom stereocenters. The normalized spacial score (nSPS) is 14.6. The Morgan fingerprint density at radius 2 is 2.05 bits per heavy atom. The van der Waals surface area contributed by atoms with Gasteiger partial charge in [-0.3, -0.25) is 4.79 Å². The zero-order valence-electron chi connectivity index (χ0n) is 13.0. The van der Waals surface area contributed by atoms with Crippen LogP contribution in [0.4, 0.5) is 0 Å². The number of rotatable bonds is 3. The van der Waals surface area contributed by atoms with Gasteiger partial charge in [0.1, 0.15) is 5.75 Å². The monoisotopic (exact) mass is 296 g/mol.